The smallest absolute Gasteiger partial charge is 0.259 e. The minimum Gasteiger partial charge on any atom is -0.352 e. The van der Waals surface area contributed by atoms with Crippen LogP contribution < -0.4 is 10.9 Å². The lowest BCUT2D eigenvalue weighted by molar-refractivity contribution is -0.119. The number of aromatic nitrogens is 2. The number of nitrogens with zero attached hydrogens (tertiary/aromatic N) is 1. The number of carbonyl (C=O) groups excluding carboxylic acids is 1. The van der Waals surface area contributed by atoms with Crippen molar-refractivity contribution in [3.63, 3.8) is 0 Å². The van der Waals surface area contributed by atoms with Crippen molar-refractivity contribution in [1.82, 2.24) is 15.3 Å². The topological polar surface area (TPSA) is 74.8 Å². The van der Waals surface area contributed by atoms with Crippen LogP contribution in [0.15, 0.2) is 58.5 Å². The first-order valence-corrected chi connectivity index (χ1v) is 9.65. The Morgan fingerprint density at radius 1 is 1.15 bits per heavy atom. The van der Waals surface area contributed by atoms with Crippen molar-refractivity contribution in [1.29, 1.82) is 0 Å². The summed E-state index contributed by atoms with van der Waals surface area (Å²) in [6, 6.07) is 15.8. The third-order valence-corrected chi connectivity index (χ3v) is 5.52. The number of hydrogen-bond donors (Lipinski definition) is 2. The van der Waals surface area contributed by atoms with Gasteiger partial charge in [0, 0.05) is 6.04 Å². The number of hydrogen-bond acceptors (Lipinski definition) is 4. The Labute approximate surface area is 155 Å². The van der Waals surface area contributed by atoms with E-state index in [2.05, 4.69) is 33.5 Å². The number of aryl methyl sites for hydroxylation is 1. The summed E-state index contributed by atoms with van der Waals surface area (Å²) in [4.78, 5) is 31.5. The Balaban J connectivity index is 1.37. The van der Waals surface area contributed by atoms with E-state index in [9.17, 15) is 9.59 Å². The van der Waals surface area contributed by atoms with Crippen LogP contribution in [0.3, 0.4) is 0 Å². The van der Waals surface area contributed by atoms with Crippen molar-refractivity contribution < 1.29 is 4.79 Å². The zero-order valence-electron chi connectivity index (χ0n) is 14.2. The molecule has 26 heavy (non-hydrogen) atoms. The van der Waals surface area contributed by atoms with Crippen LogP contribution in [0.2, 0.25) is 0 Å². The summed E-state index contributed by atoms with van der Waals surface area (Å²) in [6.45, 7) is 0. The fourth-order valence-corrected chi connectivity index (χ4v) is 4.04. The number of nitrogens with one attached hydrogen (secondary N) is 2. The third kappa shape index (κ3) is 3.65. The lowest BCUT2D eigenvalue weighted by Gasteiger charge is -2.25. The standard InChI is InChI=1S/C20H19N3O2S/c24-18(21-15-10-9-13-5-1-2-6-14(13)11-15)12-26-20-22-17-8-4-3-7-16(17)19(25)23-20/h1-8,15H,9-12H2,(H,21,24)(H,22,23,25)/t15-/m1/s1. The molecule has 0 fully saturated rings. The minimum absolute atomic E-state index is 0.0322. The van der Waals surface area contributed by atoms with Gasteiger partial charge in [-0.15, -0.1) is 0 Å². The molecule has 5 nitrogen and oxygen atoms in total. The van der Waals surface area contributed by atoms with Crippen LogP contribution >= 0.6 is 11.8 Å². The van der Waals surface area contributed by atoms with Gasteiger partial charge in [0.15, 0.2) is 5.16 Å². The number of fused-ring (bicyclic) bond motifs is 2. The second-order valence-corrected chi connectivity index (χ2v) is 7.42. The summed E-state index contributed by atoms with van der Waals surface area (Å²) >= 11 is 1.25. The van der Waals surface area contributed by atoms with E-state index < -0.39 is 0 Å². The average Bonchev–Trinajstić information content (AvgIpc) is 2.66. The van der Waals surface area contributed by atoms with E-state index in [1.165, 1.54) is 22.9 Å². The second-order valence-electron chi connectivity index (χ2n) is 6.45. The largest absolute Gasteiger partial charge is 0.352 e. The van der Waals surface area contributed by atoms with Gasteiger partial charge in [0.1, 0.15) is 0 Å². The van der Waals surface area contributed by atoms with E-state index >= 15 is 0 Å². The van der Waals surface area contributed by atoms with Crippen LogP contribution in [0.25, 0.3) is 10.9 Å². The van der Waals surface area contributed by atoms with Crippen LogP contribution in [-0.4, -0.2) is 27.7 Å². The lowest BCUT2D eigenvalue weighted by atomic mass is 9.88. The van der Waals surface area contributed by atoms with Gasteiger partial charge in [-0.3, -0.25) is 9.59 Å². The molecule has 1 heterocycles. The summed E-state index contributed by atoms with van der Waals surface area (Å²) in [5.41, 5.74) is 3.16. The summed E-state index contributed by atoms with van der Waals surface area (Å²) in [7, 11) is 0. The minimum atomic E-state index is -0.178. The molecular weight excluding hydrogens is 346 g/mol. The number of amides is 1. The van der Waals surface area contributed by atoms with E-state index in [-0.39, 0.29) is 23.3 Å². The van der Waals surface area contributed by atoms with Gasteiger partial charge in [0.05, 0.1) is 16.7 Å². The molecular formula is C20H19N3O2S. The molecule has 1 aromatic heterocycles. The molecule has 0 saturated heterocycles. The SMILES string of the molecule is O=C(CSc1nc2ccccc2c(=O)[nH]1)N[C@@H]1CCc2ccccc2C1. The lowest BCUT2D eigenvalue weighted by Crippen LogP contribution is -2.39. The molecule has 0 radical (unpaired) electrons. The van der Waals surface area contributed by atoms with E-state index in [1.807, 2.05) is 18.2 Å². The number of carbonyl (C=O) groups is 1. The van der Waals surface area contributed by atoms with Crippen LogP contribution in [0.4, 0.5) is 0 Å². The van der Waals surface area contributed by atoms with Gasteiger partial charge in [-0.2, -0.15) is 0 Å². The summed E-state index contributed by atoms with van der Waals surface area (Å²) in [6.07, 6.45) is 2.82. The number of H-pyrrole nitrogens is 1. The molecule has 0 saturated carbocycles. The molecule has 1 aliphatic rings. The summed E-state index contributed by atoms with van der Waals surface area (Å²) in [5, 5.41) is 4.13. The van der Waals surface area contributed by atoms with Gasteiger partial charge in [-0.05, 0) is 42.5 Å². The van der Waals surface area contributed by atoms with Gasteiger partial charge in [-0.25, -0.2) is 4.98 Å². The molecule has 132 valence electrons. The van der Waals surface area contributed by atoms with Gasteiger partial charge < -0.3 is 10.3 Å². The quantitative estimate of drug-likeness (QED) is 0.551. The number of aromatic amines is 1. The normalized spacial score (nSPS) is 16.2. The molecule has 2 aromatic carbocycles. The van der Waals surface area contributed by atoms with Gasteiger partial charge in [0.2, 0.25) is 5.91 Å². The molecule has 0 spiro atoms. The van der Waals surface area contributed by atoms with Crippen molar-refractivity contribution in [3.8, 4) is 0 Å². The van der Waals surface area contributed by atoms with Crippen LogP contribution in [0, 0.1) is 0 Å². The van der Waals surface area contributed by atoms with E-state index in [4.69, 9.17) is 0 Å². The molecule has 0 aliphatic heterocycles. The molecule has 1 amide bonds. The monoisotopic (exact) mass is 365 g/mol. The van der Waals surface area contributed by atoms with Gasteiger partial charge in [0.25, 0.3) is 5.56 Å². The van der Waals surface area contributed by atoms with Gasteiger partial charge >= 0.3 is 0 Å². The third-order valence-electron chi connectivity index (χ3n) is 4.64. The number of benzene rings is 2. The highest BCUT2D eigenvalue weighted by Gasteiger charge is 2.20. The molecule has 0 bridgehead atoms. The Bertz CT molecular complexity index is 1020. The number of thioether (sulfide) groups is 1. The Hall–Kier alpha value is -2.60. The Morgan fingerprint density at radius 3 is 2.81 bits per heavy atom. The maximum absolute atomic E-state index is 12.3. The Kier molecular flexibility index (Phi) is 4.75. The highest BCUT2D eigenvalue weighted by Crippen LogP contribution is 2.21. The van der Waals surface area contributed by atoms with Crippen molar-refractivity contribution in [2.75, 3.05) is 5.75 Å². The van der Waals surface area contributed by atoms with Crippen LogP contribution in [0.5, 0.6) is 0 Å². The molecule has 1 aliphatic carbocycles. The fraction of sp³-hybridized carbons (Fsp3) is 0.250. The van der Waals surface area contributed by atoms with Crippen molar-refractivity contribution in [3.05, 3.63) is 70.0 Å². The van der Waals surface area contributed by atoms with Crippen molar-refractivity contribution >= 4 is 28.6 Å². The molecule has 4 rings (SSSR count). The molecule has 3 aromatic rings. The number of para-hydroxylation sites is 1. The first kappa shape index (κ1) is 16.8. The second kappa shape index (κ2) is 7.33. The summed E-state index contributed by atoms with van der Waals surface area (Å²) < 4.78 is 0. The van der Waals surface area contributed by atoms with Gasteiger partial charge in [-0.1, -0.05) is 48.2 Å². The van der Waals surface area contributed by atoms with Crippen molar-refractivity contribution in [2.45, 2.75) is 30.5 Å². The molecule has 2 N–H and O–H groups in total. The number of rotatable bonds is 4. The maximum Gasteiger partial charge on any atom is 0.259 e. The van der Waals surface area contributed by atoms with Crippen LogP contribution in [-0.2, 0) is 17.6 Å². The predicted octanol–water partition coefficient (Wildman–Crippen LogP) is 2.69. The van der Waals surface area contributed by atoms with E-state index in [0.717, 1.165) is 19.3 Å². The zero-order valence-corrected chi connectivity index (χ0v) is 15.0. The average molecular weight is 365 g/mol. The van der Waals surface area contributed by atoms with E-state index in [0.29, 0.717) is 16.1 Å². The molecule has 1 atom stereocenters. The zero-order chi connectivity index (χ0) is 17.9. The highest BCUT2D eigenvalue weighted by atomic mass is 32.2. The first-order chi connectivity index (χ1) is 12.7. The Morgan fingerprint density at radius 2 is 1.92 bits per heavy atom. The van der Waals surface area contributed by atoms with Crippen molar-refractivity contribution in [2.24, 2.45) is 0 Å². The molecule has 6 heteroatoms. The first-order valence-electron chi connectivity index (χ1n) is 8.67. The van der Waals surface area contributed by atoms with E-state index in [1.54, 1.807) is 12.1 Å². The molecule has 0 unspecified atom stereocenters. The predicted molar refractivity (Wildman–Crippen MR) is 103 cm³/mol. The highest BCUT2D eigenvalue weighted by molar-refractivity contribution is 7.99. The summed E-state index contributed by atoms with van der Waals surface area (Å²) in [5.74, 6) is 0.203. The van der Waals surface area contributed by atoms with Crippen LogP contribution in [0.1, 0.15) is 17.5 Å². The maximum atomic E-state index is 12.3. The fourth-order valence-electron chi connectivity index (χ4n) is 3.36.